The standard InChI is InChI=1S/C27H32N8O7S/c1-34-9-4-10-35(12-11-34)26(38)19-14-28-25(43-19)16-5-3-6-17(22(16)42-2)29-18-13-20(30-23(36)15-7-8-15)32-33-21(18)24(37)31-27(39,40)41/h3,5-6,13-15,39-41H,4,7-12H2,1-2H3,(H,31,37)(H2,29,30,32,36). The topological polar surface area (TPSA) is 202 Å². The molecule has 43 heavy (non-hydrogen) atoms. The molecular formula is C27H32N8O7S. The van der Waals surface area contributed by atoms with Crippen LogP contribution in [0.5, 0.6) is 5.75 Å². The molecule has 228 valence electrons. The van der Waals surface area contributed by atoms with Crippen molar-refractivity contribution in [2.75, 3.05) is 51.0 Å². The molecular weight excluding hydrogens is 580 g/mol. The van der Waals surface area contributed by atoms with Crippen LogP contribution in [0.3, 0.4) is 0 Å². The van der Waals surface area contributed by atoms with Crippen molar-refractivity contribution in [1.82, 2.24) is 30.3 Å². The highest BCUT2D eigenvalue weighted by molar-refractivity contribution is 7.17. The molecule has 0 unspecified atom stereocenters. The summed E-state index contributed by atoms with van der Waals surface area (Å²) in [4.78, 5) is 47.2. The predicted molar refractivity (Wildman–Crippen MR) is 156 cm³/mol. The molecule has 6 N–H and O–H groups in total. The molecule has 1 saturated carbocycles. The smallest absolute Gasteiger partial charge is 0.369 e. The number of rotatable bonds is 9. The van der Waals surface area contributed by atoms with Crippen LogP contribution in [-0.2, 0) is 4.79 Å². The summed E-state index contributed by atoms with van der Waals surface area (Å²) in [5, 5.41) is 43.3. The van der Waals surface area contributed by atoms with Crippen molar-refractivity contribution in [1.29, 1.82) is 0 Å². The molecule has 1 aromatic carbocycles. The van der Waals surface area contributed by atoms with E-state index in [2.05, 4.69) is 30.7 Å². The van der Waals surface area contributed by atoms with Gasteiger partial charge in [0.1, 0.15) is 9.88 Å². The number of ether oxygens (including phenoxy) is 1. The first-order valence-corrected chi connectivity index (χ1v) is 14.4. The van der Waals surface area contributed by atoms with Crippen LogP contribution in [0.15, 0.2) is 30.5 Å². The van der Waals surface area contributed by atoms with Gasteiger partial charge in [-0.1, -0.05) is 6.07 Å². The van der Waals surface area contributed by atoms with Crippen molar-refractivity contribution in [3.63, 3.8) is 0 Å². The fourth-order valence-electron chi connectivity index (χ4n) is 4.57. The van der Waals surface area contributed by atoms with Gasteiger partial charge in [0.15, 0.2) is 17.3 Å². The van der Waals surface area contributed by atoms with Crippen LogP contribution in [0.25, 0.3) is 10.6 Å². The highest BCUT2D eigenvalue weighted by Gasteiger charge is 2.31. The van der Waals surface area contributed by atoms with Crippen LogP contribution < -0.4 is 20.7 Å². The molecule has 1 aliphatic heterocycles. The fraction of sp³-hybridized carbons (Fsp3) is 0.407. The van der Waals surface area contributed by atoms with Crippen molar-refractivity contribution in [3.8, 4) is 16.3 Å². The van der Waals surface area contributed by atoms with Gasteiger partial charge in [0, 0.05) is 31.6 Å². The third kappa shape index (κ3) is 7.41. The van der Waals surface area contributed by atoms with E-state index < -0.39 is 17.7 Å². The average molecular weight is 613 g/mol. The van der Waals surface area contributed by atoms with Gasteiger partial charge in [0.2, 0.25) is 5.91 Å². The monoisotopic (exact) mass is 612 g/mol. The number of carbonyl (C=O) groups excluding carboxylic acids is 3. The normalized spacial score (nSPS) is 15.9. The molecule has 1 aliphatic carbocycles. The number of thiazole rings is 1. The number of anilines is 3. The second-order valence-corrected chi connectivity index (χ2v) is 11.4. The van der Waals surface area contributed by atoms with Gasteiger partial charge in [-0.25, -0.2) is 4.98 Å². The average Bonchev–Trinajstić information content (AvgIpc) is 3.74. The third-order valence-corrected chi connectivity index (χ3v) is 7.95. The second kappa shape index (κ2) is 12.6. The zero-order chi connectivity index (χ0) is 30.7. The Bertz CT molecular complexity index is 1520. The van der Waals surface area contributed by atoms with Crippen LogP contribution in [0, 0.1) is 5.92 Å². The van der Waals surface area contributed by atoms with Crippen LogP contribution in [0.4, 0.5) is 17.2 Å². The van der Waals surface area contributed by atoms with E-state index in [0.717, 1.165) is 32.4 Å². The fourth-order valence-corrected chi connectivity index (χ4v) is 5.48. The molecule has 3 amide bonds. The van der Waals surface area contributed by atoms with Gasteiger partial charge in [0.25, 0.3) is 11.8 Å². The molecule has 3 aromatic rings. The molecule has 2 fully saturated rings. The number of nitrogens with zero attached hydrogens (tertiary/aromatic N) is 5. The van der Waals surface area contributed by atoms with Gasteiger partial charge in [0.05, 0.1) is 30.2 Å². The van der Waals surface area contributed by atoms with E-state index in [-0.39, 0.29) is 29.2 Å². The van der Waals surface area contributed by atoms with Gasteiger partial charge in [-0.15, -0.1) is 21.5 Å². The maximum Gasteiger partial charge on any atom is 0.369 e. The quantitative estimate of drug-likeness (QED) is 0.186. The number of likely N-dealkylation sites (N-methyl/N-ethyl adjacent to an activating group) is 1. The number of nitrogens with one attached hydrogen (secondary N) is 3. The Morgan fingerprint density at radius 3 is 2.58 bits per heavy atom. The van der Waals surface area contributed by atoms with Crippen LogP contribution in [0.1, 0.15) is 39.4 Å². The zero-order valence-corrected chi connectivity index (χ0v) is 24.3. The number of aliphatic hydroxyl groups is 3. The Morgan fingerprint density at radius 1 is 1.07 bits per heavy atom. The molecule has 15 nitrogen and oxygen atoms in total. The van der Waals surface area contributed by atoms with Crippen molar-refractivity contribution in [2.45, 2.75) is 25.4 Å². The maximum absolute atomic E-state index is 13.2. The van der Waals surface area contributed by atoms with Crippen molar-refractivity contribution >= 4 is 46.3 Å². The molecule has 3 heterocycles. The number of hydrogen-bond donors (Lipinski definition) is 6. The predicted octanol–water partition coefficient (Wildman–Crippen LogP) is 0.796. The largest absolute Gasteiger partial charge is 0.494 e. The molecule has 0 atom stereocenters. The minimum absolute atomic E-state index is 0.0134. The summed E-state index contributed by atoms with van der Waals surface area (Å²) in [5.41, 5.74) is 0.536. The van der Waals surface area contributed by atoms with E-state index in [4.69, 9.17) is 4.74 Å². The summed E-state index contributed by atoms with van der Waals surface area (Å²) in [7, 11) is 3.49. The first-order valence-electron chi connectivity index (χ1n) is 13.6. The van der Waals surface area contributed by atoms with Crippen molar-refractivity contribution in [2.24, 2.45) is 5.92 Å². The van der Waals surface area contributed by atoms with E-state index in [0.29, 0.717) is 40.0 Å². The van der Waals surface area contributed by atoms with E-state index in [9.17, 15) is 29.7 Å². The SMILES string of the molecule is COc1c(Nc2cc(NC(=O)C3CC3)nnc2C(=O)NC(O)(O)O)cccc1-c1ncc(C(=O)N2CCCN(C)CC2)s1. The summed E-state index contributed by atoms with van der Waals surface area (Å²) >= 11 is 1.23. The Kier molecular flexibility index (Phi) is 8.84. The van der Waals surface area contributed by atoms with Crippen LogP contribution in [-0.4, -0.2) is 104 Å². The highest BCUT2D eigenvalue weighted by atomic mass is 32.1. The number of benzene rings is 1. The minimum Gasteiger partial charge on any atom is -0.494 e. The zero-order valence-electron chi connectivity index (χ0n) is 23.5. The molecule has 2 aromatic heterocycles. The van der Waals surface area contributed by atoms with Gasteiger partial charge in [-0.3, -0.25) is 19.7 Å². The van der Waals surface area contributed by atoms with Gasteiger partial charge in [-0.2, -0.15) is 0 Å². The Hall–Kier alpha value is -4.22. The molecule has 5 rings (SSSR count). The minimum atomic E-state index is -3.50. The lowest BCUT2D eigenvalue weighted by Crippen LogP contribution is -2.48. The van der Waals surface area contributed by atoms with Crippen LogP contribution in [0.2, 0.25) is 0 Å². The first kappa shape index (κ1) is 30.2. The summed E-state index contributed by atoms with van der Waals surface area (Å²) in [6.07, 6.45) is 0.460. The molecule has 0 bridgehead atoms. The van der Waals surface area contributed by atoms with Crippen molar-refractivity contribution in [3.05, 3.63) is 41.0 Å². The highest BCUT2D eigenvalue weighted by Crippen LogP contribution is 2.40. The molecule has 0 spiro atoms. The molecule has 0 radical (unpaired) electrons. The Balaban J connectivity index is 1.44. The second-order valence-electron chi connectivity index (χ2n) is 10.3. The summed E-state index contributed by atoms with van der Waals surface area (Å²) in [6, 6.07) is 6.50. The lowest BCUT2D eigenvalue weighted by molar-refractivity contribution is -0.323. The number of methoxy groups -OCH3 is 1. The third-order valence-electron chi connectivity index (χ3n) is 6.93. The number of hydrogen-bond acceptors (Lipinski definition) is 13. The molecule has 16 heteroatoms. The lowest BCUT2D eigenvalue weighted by Gasteiger charge is -2.19. The van der Waals surface area contributed by atoms with Gasteiger partial charge >= 0.3 is 6.10 Å². The van der Waals surface area contributed by atoms with Crippen LogP contribution >= 0.6 is 11.3 Å². The number of amides is 3. The first-order chi connectivity index (χ1) is 20.5. The van der Waals surface area contributed by atoms with E-state index >= 15 is 0 Å². The van der Waals surface area contributed by atoms with Crippen molar-refractivity contribution < 1.29 is 34.4 Å². The number of para-hydroxylation sites is 1. The summed E-state index contributed by atoms with van der Waals surface area (Å²) in [6.45, 7) is 3.03. The molecule has 2 aliphatic rings. The summed E-state index contributed by atoms with van der Waals surface area (Å²) in [5.74, 6) is -1.22. The number of aromatic nitrogens is 3. The van der Waals surface area contributed by atoms with Gasteiger partial charge in [-0.05, 0) is 45.0 Å². The Labute approximate surface area is 250 Å². The van der Waals surface area contributed by atoms with E-state index in [1.54, 1.807) is 29.7 Å². The summed E-state index contributed by atoms with van der Waals surface area (Å²) < 4.78 is 5.71. The van der Waals surface area contributed by atoms with E-state index in [1.807, 2.05) is 11.9 Å². The number of carbonyl (C=O) groups is 3. The lowest BCUT2D eigenvalue weighted by atomic mass is 10.1. The Morgan fingerprint density at radius 2 is 1.86 bits per heavy atom. The maximum atomic E-state index is 13.2. The molecule has 1 saturated heterocycles. The van der Waals surface area contributed by atoms with Gasteiger partial charge < -0.3 is 40.5 Å². The van der Waals surface area contributed by atoms with E-state index in [1.165, 1.54) is 24.5 Å².